The van der Waals surface area contributed by atoms with Crippen molar-refractivity contribution in [1.29, 1.82) is 0 Å². The van der Waals surface area contributed by atoms with Gasteiger partial charge in [0.25, 0.3) is 0 Å². The normalized spacial score (nSPS) is 11.5. The fourth-order valence-electron chi connectivity index (χ4n) is 1.45. The van der Waals surface area contributed by atoms with Crippen LogP contribution < -0.4 is 0 Å². The quantitative estimate of drug-likeness (QED) is 0.748. The molecule has 0 aromatic carbocycles. The zero-order chi connectivity index (χ0) is 11.9. The van der Waals surface area contributed by atoms with Gasteiger partial charge in [0.05, 0.1) is 11.9 Å². The van der Waals surface area contributed by atoms with Crippen LogP contribution in [0.3, 0.4) is 0 Å². The zero-order valence-electron chi connectivity index (χ0n) is 9.74. The van der Waals surface area contributed by atoms with E-state index in [0.29, 0.717) is 0 Å². The molecule has 0 N–H and O–H groups in total. The molecule has 4 nitrogen and oxygen atoms in total. The minimum atomic E-state index is 0.722. The number of pyridine rings is 1. The Hall–Kier alpha value is -2.10. The van der Waals surface area contributed by atoms with E-state index in [1.807, 2.05) is 25.1 Å². The Morgan fingerprint density at radius 2 is 2.12 bits per heavy atom. The molecule has 2 rings (SSSR count). The summed E-state index contributed by atoms with van der Waals surface area (Å²) >= 11 is 0. The van der Waals surface area contributed by atoms with Gasteiger partial charge in [0.1, 0.15) is 5.69 Å². The number of hydrogen-bond acceptors (Lipinski definition) is 4. The molecule has 0 amide bonds. The molecule has 2 aromatic rings. The Bertz CT molecular complexity index is 479. The minimum absolute atomic E-state index is 0.722. The van der Waals surface area contributed by atoms with Gasteiger partial charge in [-0.1, -0.05) is 6.07 Å². The van der Waals surface area contributed by atoms with Crippen molar-refractivity contribution in [3.8, 4) is 0 Å². The summed E-state index contributed by atoms with van der Waals surface area (Å²) in [6.07, 6.45) is 7.70. The lowest BCUT2D eigenvalue weighted by molar-refractivity contribution is 0.921. The molecule has 0 unspecified atom stereocenters. The fraction of sp³-hybridized carbons (Fsp3) is 0.231. The highest BCUT2D eigenvalue weighted by molar-refractivity contribution is 5.96. The van der Waals surface area contributed by atoms with E-state index in [1.54, 1.807) is 24.8 Å². The standard InChI is InChI=1S/C13H14N4/c1-11(13-10-14-8-9-17-13)15-7-5-12-4-2-3-6-16-12/h2-4,6,8-10H,5,7H2,1H3. The Labute approximate surface area is 101 Å². The molecule has 0 spiro atoms. The lowest BCUT2D eigenvalue weighted by atomic mass is 10.2. The van der Waals surface area contributed by atoms with Crippen LogP contribution in [0.5, 0.6) is 0 Å². The largest absolute Gasteiger partial charge is 0.287 e. The SMILES string of the molecule is CC(=NCCc1ccccn1)c1cnccn1. The van der Waals surface area contributed by atoms with E-state index >= 15 is 0 Å². The van der Waals surface area contributed by atoms with Gasteiger partial charge in [-0.3, -0.25) is 19.9 Å². The highest BCUT2D eigenvalue weighted by Gasteiger charge is 1.97. The maximum atomic E-state index is 4.46. The van der Waals surface area contributed by atoms with E-state index < -0.39 is 0 Å². The Kier molecular flexibility index (Phi) is 3.91. The van der Waals surface area contributed by atoms with Crippen LogP contribution in [0.1, 0.15) is 18.3 Å². The van der Waals surface area contributed by atoms with Gasteiger partial charge in [-0.15, -0.1) is 0 Å². The summed E-state index contributed by atoms with van der Waals surface area (Å²) in [7, 11) is 0. The van der Waals surface area contributed by atoms with Crippen molar-refractivity contribution in [3.63, 3.8) is 0 Å². The van der Waals surface area contributed by atoms with Crippen molar-refractivity contribution in [2.45, 2.75) is 13.3 Å². The summed E-state index contributed by atoms with van der Waals surface area (Å²) in [5.74, 6) is 0. The van der Waals surface area contributed by atoms with Gasteiger partial charge >= 0.3 is 0 Å². The summed E-state index contributed by atoms with van der Waals surface area (Å²) < 4.78 is 0. The summed E-state index contributed by atoms with van der Waals surface area (Å²) in [5.41, 5.74) is 2.80. The maximum absolute atomic E-state index is 4.46. The van der Waals surface area contributed by atoms with Crippen molar-refractivity contribution >= 4 is 5.71 Å². The predicted molar refractivity (Wildman–Crippen MR) is 67.1 cm³/mol. The molecule has 0 saturated heterocycles. The van der Waals surface area contributed by atoms with Gasteiger partial charge < -0.3 is 0 Å². The second-order valence-electron chi connectivity index (χ2n) is 3.63. The minimum Gasteiger partial charge on any atom is -0.287 e. The third-order valence-corrected chi connectivity index (χ3v) is 2.38. The van der Waals surface area contributed by atoms with Crippen LogP contribution in [0.4, 0.5) is 0 Å². The molecule has 0 aliphatic rings. The molecule has 0 bridgehead atoms. The van der Waals surface area contributed by atoms with Crippen LogP contribution in [0, 0.1) is 0 Å². The number of aliphatic imine (C=N–C) groups is 1. The molecule has 17 heavy (non-hydrogen) atoms. The third kappa shape index (κ3) is 3.45. The first-order chi connectivity index (χ1) is 8.36. The van der Waals surface area contributed by atoms with Crippen LogP contribution in [-0.4, -0.2) is 27.2 Å². The monoisotopic (exact) mass is 226 g/mol. The Morgan fingerprint density at radius 3 is 2.82 bits per heavy atom. The van der Waals surface area contributed by atoms with Gasteiger partial charge in [-0.05, 0) is 19.1 Å². The Morgan fingerprint density at radius 1 is 1.18 bits per heavy atom. The number of aromatic nitrogens is 3. The molecule has 0 aliphatic heterocycles. The van der Waals surface area contributed by atoms with E-state index in [0.717, 1.165) is 30.1 Å². The van der Waals surface area contributed by atoms with Crippen LogP contribution in [0.2, 0.25) is 0 Å². The summed E-state index contributed by atoms with van der Waals surface area (Å²) in [5, 5.41) is 0. The summed E-state index contributed by atoms with van der Waals surface area (Å²) in [6.45, 7) is 2.67. The van der Waals surface area contributed by atoms with Gasteiger partial charge in [-0.25, -0.2) is 0 Å². The van der Waals surface area contributed by atoms with E-state index in [4.69, 9.17) is 0 Å². The first-order valence-electron chi connectivity index (χ1n) is 5.53. The highest BCUT2D eigenvalue weighted by atomic mass is 14.8. The van der Waals surface area contributed by atoms with Gasteiger partial charge in [0.2, 0.25) is 0 Å². The first-order valence-corrected chi connectivity index (χ1v) is 5.53. The summed E-state index contributed by atoms with van der Waals surface area (Å²) in [4.78, 5) is 16.9. The third-order valence-electron chi connectivity index (χ3n) is 2.38. The van der Waals surface area contributed by atoms with Crippen molar-refractivity contribution in [2.24, 2.45) is 4.99 Å². The second kappa shape index (κ2) is 5.84. The Balaban J connectivity index is 1.93. The molecule has 0 saturated carbocycles. The topological polar surface area (TPSA) is 51.0 Å². The van der Waals surface area contributed by atoms with Crippen molar-refractivity contribution in [1.82, 2.24) is 15.0 Å². The molecular weight excluding hydrogens is 212 g/mol. The first kappa shape index (κ1) is 11.4. The van der Waals surface area contributed by atoms with E-state index in [9.17, 15) is 0 Å². The molecular formula is C13H14N4. The zero-order valence-corrected chi connectivity index (χ0v) is 9.74. The average Bonchev–Trinajstić information content (AvgIpc) is 2.41. The fourth-order valence-corrected chi connectivity index (χ4v) is 1.45. The van der Waals surface area contributed by atoms with Crippen molar-refractivity contribution in [3.05, 3.63) is 54.4 Å². The molecule has 0 radical (unpaired) electrons. The lowest BCUT2D eigenvalue weighted by Gasteiger charge is -1.99. The van der Waals surface area contributed by atoms with Gasteiger partial charge in [0, 0.05) is 37.3 Å². The maximum Gasteiger partial charge on any atom is 0.102 e. The van der Waals surface area contributed by atoms with Crippen molar-refractivity contribution in [2.75, 3.05) is 6.54 Å². The molecule has 0 atom stereocenters. The van der Waals surface area contributed by atoms with Crippen LogP contribution >= 0.6 is 0 Å². The van der Waals surface area contributed by atoms with Gasteiger partial charge in [0.15, 0.2) is 0 Å². The van der Waals surface area contributed by atoms with Crippen molar-refractivity contribution < 1.29 is 0 Å². The van der Waals surface area contributed by atoms with E-state index in [1.165, 1.54) is 0 Å². The molecule has 0 aliphatic carbocycles. The number of rotatable bonds is 4. The number of hydrogen-bond donors (Lipinski definition) is 0. The van der Waals surface area contributed by atoms with E-state index in [2.05, 4.69) is 19.9 Å². The van der Waals surface area contributed by atoms with Gasteiger partial charge in [-0.2, -0.15) is 0 Å². The van der Waals surface area contributed by atoms with Crippen LogP contribution in [0.25, 0.3) is 0 Å². The average molecular weight is 226 g/mol. The molecule has 86 valence electrons. The molecule has 0 fully saturated rings. The van der Waals surface area contributed by atoms with Crippen LogP contribution in [-0.2, 0) is 6.42 Å². The molecule has 2 heterocycles. The number of nitrogens with zero attached hydrogens (tertiary/aromatic N) is 4. The lowest BCUT2D eigenvalue weighted by Crippen LogP contribution is -2.01. The smallest absolute Gasteiger partial charge is 0.102 e. The van der Waals surface area contributed by atoms with E-state index in [-0.39, 0.29) is 0 Å². The highest BCUT2D eigenvalue weighted by Crippen LogP contribution is 1.98. The second-order valence-corrected chi connectivity index (χ2v) is 3.63. The molecule has 2 aromatic heterocycles. The molecule has 4 heteroatoms. The summed E-state index contributed by atoms with van der Waals surface area (Å²) in [6, 6.07) is 5.91. The predicted octanol–water partition coefficient (Wildman–Crippen LogP) is 1.92. The van der Waals surface area contributed by atoms with Crippen LogP contribution in [0.15, 0.2) is 48.0 Å².